The molecule has 0 saturated carbocycles. The number of hydrogen-bond donors (Lipinski definition) is 1. The summed E-state index contributed by atoms with van der Waals surface area (Å²) in [5.74, 6) is -1.20. The van der Waals surface area contributed by atoms with Crippen LogP contribution in [0.2, 0.25) is 0 Å². The van der Waals surface area contributed by atoms with Gasteiger partial charge in [-0.05, 0) is 20.8 Å². The standard InChI is InChI=1S/C12H22O4/c1-11(2,3)10(15)8(7-9(13)14)16-12(4,5)6/h8H,7H2,1-6H3,(H,13,14). The van der Waals surface area contributed by atoms with Crippen LogP contribution in [-0.4, -0.2) is 28.6 Å². The normalized spacial score (nSPS) is 14.6. The molecule has 4 heteroatoms. The van der Waals surface area contributed by atoms with E-state index in [1.807, 2.05) is 0 Å². The molecule has 0 aromatic rings. The molecule has 0 rings (SSSR count). The number of hydrogen-bond acceptors (Lipinski definition) is 3. The molecule has 94 valence electrons. The van der Waals surface area contributed by atoms with Crippen molar-refractivity contribution < 1.29 is 19.4 Å². The van der Waals surface area contributed by atoms with Crippen molar-refractivity contribution in [1.82, 2.24) is 0 Å². The number of Topliss-reactive ketones (excluding diaryl/α,β-unsaturated/α-hetero) is 1. The summed E-state index contributed by atoms with van der Waals surface area (Å²) < 4.78 is 5.51. The Hall–Kier alpha value is -0.900. The Morgan fingerprint density at radius 2 is 1.56 bits per heavy atom. The molecular formula is C12H22O4. The fourth-order valence-electron chi connectivity index (χ4n) is 1.26. The van der Waals surface area contributed by atoms with Crippen LogP contribution < -0.4 is 0 Å². The molecule has 0 aliphatic carbocycles. The second-order valence-corrected chi connectivity index (χ2v) is 5.93. The van der Waals surface area contributed by atoms with E-state index in [1.54, 1.807) is 41.5 Å². The van der Waals surface area contributed by atoms with Crippen LogP contribution >= 0.6 is 0 Å². The van der Waals surface area contributed by atoms with Crippen molar-refractivity contribution in [3.63, 3.8) is 0 Å². The zero-order valence-electron chi connectivity index (χ0n) is 11.0. The SMILES string of the molecule is CC(C)(C)OC(CC(=O)O)C(=O)C(C)(C)C. The third-order valence-electron chi connectivity index (χ3n) is 1.89. The van der Waals surface area contributed by atoms with Crippen molar-refractivity contribution in [3.8, 4) is 0 Å². The summed E-state index contributed by atoms with van der Waals surface area (Å²) >= 11 is 0. The minimum Gasteiger partial charge on any atom is -0.481 e. The van der Waals surface area contributed by atoms with Crippen molar-refractivity contribution >= 4 is 11.8 Å². The van der Waals surface area contributed by atoms with E-state index in [0.717, 1.165) is 0 Å². The summed E-state index contributed by atoms with van der Waals surface area (Å²) in [6.07, 6.45) is -1.16. The molecule has 0 radical (unpaired) electrons. The minimum absolute atomic E-state index is 0.176. The number of ether oxygens (including phenoxy) is 1. The molecule has 0 saturated heterocycles. The van der Waals surface area contributed by atoms with E-state index >= 15 is 0 Å². The van der Waals surface area contributed by atoms with E-state index in [2.05, 4.69) is 0 Å². The number of rotatable bonds is 4. The van der Waals surface area contributed by atoms with E-state index in [4.69, 9.17) is 9.84 Å². The summed E-state index contributed by atoms with van der Waals surface area (Å²) in [5, 5.41) is 8.76. The van der Waals surface area contributed by atoms with Gasteiger partial charge in [0.1, 0.15) is 6.10 Å². The van der Waals surface area contributed by atoms with Gasteiger partial charge >= 0.3 is 5.97 Å². The monoisotopic (exact) mass is 230 g/mol. The van der Waals surface area contributed by atoms with E-state index in [0.29, 0.717) is 0 Å². The summed E-state index contributed by atoms with van der Waals surface area (Å²) in [6.45, 7) is 10.7. The predicted octanol–water partition coefficient (Wildman–Crippen LogP) is 2.26. The van der Waals surface area contributed by atoms with Crippen LogP contribution in [-0.2, 0) is 14.3 Å². The number of carboxylic acid groups (broad SMARTS) is 1. The number of ketones is 1. The van der Waals surface area contributed by atoms with Gasteiger partial charge in [-0.3, -0.25) is 9.59 Å². The van der Waals surface area contributed by atoms with Crippen LogP contribution in [0.3, 0.4) is 0 Å². The third kappa shape index (κ3) is 5.85. The van der Waals surface area contributed by atoms with E-state index in [9.17, 15) is 9.59 Å². The molecule has 1 unspecified atom stereocenters. The van der Waals surface area contributed by atoms with Crippen LogP contribution in [0.25, 0.3) is 0 Å². The number of aliphatic carboxylic acids is 1. The summed E-state index contributed by atoms with van der Waals surface area (Å²) in [6, 6.07) is 0. The highest BCUT2D eigenvalue weighted by atomic mass is 16.5. The quantitative estimate of drug-likeness (QED) is 0.804. The first-order valence-corrected chi connectivity index (χ1v) is 5.37. The Labute approximate surface area is 97.0 Å². The minimum atomic E-state index is -1.02. The van der Waals surface area contributed by atoms with Gasteiger partial charge in [0, 0.05) is 5.41 Å². The van der Waals surface area contributed by atoms with Gasteiger partial charge < -0.3 is 9.84 Å². The highest BCUT2D eigenvalue weighted by molar-refractivity contribution is 5.90. The third-order valence-corrected chi connectivity index (χ3v) is 1.89. The number of carbonyl (C=O) groups is 2. The predicted molar refractivity (Wildman–Crippen MR) is 61.3 cm³/mol. The van der Waals surface area contributed by atoms with Gasteiger partial charge in [0.15, 0.2) is 5.78 Å². The lowest BCUT2D eigenvalue weighted by molar-refractivity contribution is -0.157. The topological polar surface area (TPSA) is 63.6 Å². The maximum atomic E-state index is 12.0. The average molecular weight is 230 g/mol. The smallest absolute Gasteiger partial charge is 0.306 e. The first-order chi connectivity index (χ1) is 6.93. The van der Waals surface area contributed by atoms with Crippen LogP contribution in [0.5, 0.6) is 0 Å². The highest BCUT2D eigenvalue weighted by Gasteiger charge is 2.34. The van der Waals surface area contributed by atoms with Crippen LogP contribution in [0, 0.1) is 5.41 Å². The molecule has 0 bridgehead atoms. The summed E-state index contributed by atoms with van der Waals surface area (Å²) in [5.41, 5.74) is -1.12. The molecule has 1 atom stereocenters. The van der Waals surface area contributed by atoms with E-state index in [1.165, 1.54) is 0 Å². The molecule has 4 nitrogen and oxygen atoms in total. The molecule has 0 amide bonds. The molecule has 0 aromatic heterocycles. The lowest BCUT2D eigenvalue weighted by atomic mass is 9.86. The molecule has 0 spiro atoms. The van der Waals surface area contributed by atoms with Crippen molar-refractivity contribution in [2.45, 2.75) is 59.7 Å². The highest BCUT2D eigenvalue weighted by Crippen LogP contribution is 2.23. The van der Waals surface area contributed by atoms with E-state index in [-0.39, 0.29) is 12.2 Å². The van der Waals surface area contributed by atoms with Gasteiger partial charge in [0.25, 0.3) is 0 Å². The Morgan fingerprint density at radius 1 is 1.12 bits per heavy atom. The Kier molecular flexibility index (Phi) is 4.68. The second kappa shape index (κ2) is 4.95. The van der Waals surface area contributed by atoms with Crippen molar-refractivity contribution in [1.29, 1.82) is 0 Å². The van der Waals surface area contributed by atoms with Gasteiger partial charge in [-0.2, -0.15) is 0 Å². The Bertz CT molecular complexity index is 268. The van der Waals surface area contributed by atoms with Crippen molar-refractivity contribution in [2.75, 3.05) is 0 Å². The van der Waals surface area contributed by atoms with Crippen LogP contribution in [0.4, 0.5) is 0 Å². The molecule has 1 N–H and O–H groups in total. The maximum Gasteiger partial charge on any atom is 0.306 e. The van der Waals surface area contributed by atoms with Gasteiger partial charge in [0.2, 0.25) is 0 Å². The first kappa shape index (κ1) is 15.1. The average Bonchev–Trinajstić information content (AvgIpc) is 1.96. The van der Waals surface area contributed by atoms with Gasteiger partial charge in [-0.15, -0.1) is 0 Å². The molecule has 0 heterocycles. The van der Waals surface area contributed by atoms with Gasteiger partial charge in [-0.25, -0.2) is 0 Å². The van der Waals surface area contributed by atoms with Crippen LogP contribution in [0.1, 0.15) is 48.0 Å². The number of carboxylic acids is 1. The molecule has 0 aliphatic rings. The van der Waals surface area contributed by atoms with Crippen molar-refractivity contribution in [2.24, 2.45) is 5.41 Å². The van der Waals surface area contributed by atoms with Gasteiger partial charge in [0.05, 0.1) is 12.0 Å². The van der Waals surface area contributed by atoms with E-state index < -0.39 is 23.1 Å². The fraction of sp³-hybridized carbons (Fsp3) is 0.833. The van der Waals surface area contributed by atoms with Crippen molar-refractivity contribution in [3.05, 3.63) is 0 Å². The second-order valence-electron chi connectivity index (χ2n) is 5.93. The zero-order chi connectivity index (χ0) is 13.1. The molecule has 0 fully saturated rings. The molecular weight excluding hydrogens is 208 g/mol. The largest absolute Gasteiger partial charge is 0.481 e. The Balaban J connectivity index is 4.81. The lowest BCUT2D eigenvalue weighted by Crippen LogP contribution is -2.40. The zero-order valence-corrected chi connectivity index (χ0v) is 11.0. The number of carbonyl (C=O) groups excluding carboxylic acids is 1. The molecule has 0 aromatic carbocycles. The Morgan fingerprint density at radius 3 is 1.81 bits per heavy atom. The molecule has 0 aliphatic heterocycles. The first-order valence-electron chi connectivity index (χ1n) is 5.37. The lowest BCUT2D eigenvalue weighted by Gasteiger charge is -2.29. The summed E-state index contributed by atoms with van der Waals surface area (Å²) in [7, 11) is 0. The van der Waals surface area contributed by atoms with Crippen LogP contribution in [0.15, 0.2) is 0 Å². The fourth-order valence-corrected chi connectivity index (χ4v) is 1.26. The maximum absolute atomic E-state index is 12.0. The van der Waals surface area contributed by atoms with Gasteiger partial charge in [-0.1, -0.05) is 20.8 Å². The summed E-state index contributed by atoms with van der Waals surface area (Å²) in [4.78, 5) is 22.7. The molecule has 16 heavy (non-hydrogen) atoms.